The molecule has 0 aliphatic rings. The smallest absolute Gasteiger partial charge is 0.0389 e. The van der Waals surface area contributed by atoms with E-state index in [1.165, 1.54) is 35.1 Å². The Hall–Kier alpha value is -2.22. The van der Waals surface area contributed by atoms with Gasteiger partial charge in [0.25, 0.3) is 0 Å². The maximum atomic E-state index is 4.55. The van der Waals surface area contributed by atoms with E-state index in [0.717, 1.165) is 25.9 Å². The van der Waals surface area contributed by atoms with Gasteiger partial charge >= 0.3 is 0 Å². The van der Waals surface area contributed by atoms with Crippen LogP contribution in [0, 0.1) is 0 Å². The molecule has 0 bridgehead atoms. The van der Waals surface area contributed by atoms with Crippen molar-refractivity contribution >= 4 is 12.4 Å². The minimum absolute atomic E-state index is 0.584. The van der Waals surface area contributed by atoms with Gasteiger partial charge in [-0.3, -0.25) is 9.98 Å². The molecule has 0 unspecified atom stereocenters. The second-order valence-electron chi connectivity index (χ2n) is 8.13. The van der Waals surface area contributed by atoms with Gasteiger partial charge in [-0.25, -0.2) is 0 Å². The van der Waals surface area contributed by atoms with E-state index in [2.05, 4.69) is 86.2 Å². The highest BCUT2D eigenvalue weighted by molar-refractivity contribution is 5.80. The molecular weight excluding hydrogens is 340 g/mol. The summed E-state index contributed by atoms with van der Waals surface area (Å²) in [5.41, 5.74) is 5.15. The topological polar surface area (TPSA) is 24.7 Å². The van der Waals surface area contributed by atoms with Crippen LogP contribution >= 0.6 is 0 Å². The second kappa shape index (κ2) is 12.3. The van der Waals surface area contributed by atoms with Gasteiger partial charge < -0.3 is 0 Å². The van der Waals surface area contributed by atoms with Gasteiger partial charge in [0.15, 0.2) is 0 Å². The highest BCUT2D eigenvalue weighted by atomic mass is 14.7. The lowest BCUT2D eigenvalue weighted by Gasteiger charge is -2.04. The molecule has 0 N–H and O–H groups in total. The lowest BCUT2D eigenvalue weighted by molar-refractivity contribution is 0.655. The number of rotatable bonds is 11. The monoisotopic (exact) mass is 376 g/mol. The predicted molar refractivity (Wildman–Crippen MR) is 124 cm³/mol. The molecular formula is C26H36N2. The van der Waals surface area contributed by atoms with Crippen LogP contribution in [0.5, 0.6) is 0 Å². The molecule has 0 saturated carbocycles. The van der Waals surface area contributed by atoms with Gasteiger partial charge in [-0.1, -0.05) is 89.1 Å². The fraction of sp³-hybridized carbons (Fsp3) is 0.462. The van der Waals surface area contributed by atoms with E-state index < -0.39 is 0 Å². The van der Waals surface area contributed by atoms with Crippen molar-refractivity contribution in [1.29, 1.82) is 0 Å². The van der Waals surface area contributed by atoms with Crippen LogP contribution in [0.15, 0.2) is 58.5 Å². The van der Waals surface area contributed by atoms with E-state index in [9.17, 15) is 0 Å². The summed E-state index contributed by atoms with van der Waals surface area (Å²) in [5, 5.41) is 0. The van der Waals surface area contributed by atoms with Crippen LogP contribution in [-0.4, -0.2) is 25.5 Å². The molecule has 2 aromatic rings. The van der Waals surface area contributed by atoms with Gasteiger partial charge in [-0.2, -0.15) is 0 Å². The summed E-state index contributed by atoms with van der Waals surface area (Å²) >= 11 is 0. The molecule has 28 heavy (non-hydrogen) atoms. The molecule has 0 spiro atoms. The molecule has 0 aliphatic carbocycles. The Morgan fingerprint density at radius 1 is 0.571 bits per heavy atom. The molecule has 0 atom stereocenters. The Bertz CT molecular complexity index is 657. The van der Waals surface area contributed by atoms with E-state index in [0.29, 0.717) is 11.8 Å². The molecule has 2 heteroatoms. The first-order valence-corrected chi connectivity index (χ1v) is 10.8. The van der Waals surface area contributed by atoms with Crippen LogP contribution in [-0.2, 0) is 0 Å². The van der Waals surface area contributed by atoms with Gasteiger partial charge in [-0.15, -0.1) is 0 Å². The average Bonchev–Trinajstić information content (AvgIpc) is 2.70. The first-order chi connectivity index (χ1) is 13.6. The fourth-order valence-corrected chi connectivity index (χ4v) is 3.03. The first kappa shape index (κ1) is 22.1. The summed E-state index contributed by atoms with van der Waals surface area (Å²) < 4.78 is 0. The maximum Gasteiger partial charge on any atom is 0.0389 e. The van der Waals surface area contributed by atoms with Gasteiger partial charge in [0.2, 0.25) is 0 Å². The fourth-order valence-electron chi connectivity index (χ4n) is 3.03. The minimum Gasteiger partial charge on any atom is -0.293 e. The molecule has 2 rings (SSSR count). The summed E-state index contributed by atoms with van der Waals surface area (Å²) in [7, 11) is 0. The highest BCUT2D eigenvalue weighted by Gasteiger charge is 1.98. The average molecular weight is 377 g/mol. The first-order valence-electron chi connectivity index (χ1n) is 10.8. The highest BCUT2D eigenvalue weighted by Crippen LogP contribution is 2.14. The van der Waals surface area contributed by atoms with Crippen molar-refractivity contribution in [2.75, 3.05) is 13.1 Å². The Labute approximate surface area is 171 Å². The summed E-state index contributed by atoms with van der Waals surface area (Å²) in [6.45, 7) is 10.7. The molecule has 150 valence electrons. The van der Waals surface area contributed by atoms with Crippen LogP contribution < -0.4 is 0 Å². The van der Waals surface area contributed by atoms with Crippen molar-refractivity contribution in [2.45, 2.75) is 65.2 Å². The largest absolute Gasteiger partial charge is 0.293 e. The maximum absolute atomic E-state index is 4.55. The van der Waals surface area contributed by atoms with E-state index in [4.69, 9.17) is 0 Å². The summed E-state index contributed by atoms with van der Waals surface area (Å²) in [5.74, 6) is 1.17. The molecule has 0 heterocycles. The standard InChI is InChI=1S/C26H36N2/c1-21(2)25-13-9-23(10-14-25)19-27-17-7-5-6-8-18-28-20-24-11-15-26(16-12-24)22(3)4/h9-16,19-22H,5-8,17-18H2,1-4H3. The molecule has 0 aliphatic heterocycles. The van der Waals surface area contributed by atoms with Crippen molar-refractivity contribution < 1.29 is 0 Å². The predicted octanol–water partition coefficient (Wildman–Crippen LogP) is 7.03. The minimum atomic E-state index is 0.584. The van der Waals surface area contributed by atoms with Crippen LogP contribution in [0.4, 0.5) is 0 Å². The number of hydrogen-bond acceptors (Lipinski definition) is 2. The molecule has 0 aromatic heterocycles. The summed E-state index contributed by atoms with van der Waals surface area (Å²) in [6.07, 6.45) is 8.75. The van der Waals surface area contributed by atoms with Crippen molar-refractivity contribution in [1.82, 2.24) is 0 Å². The number of hydrogen-bond donors (Lipinski definition) is 0. The van der Waals surface area contributed by atoms with E-state index in [1.54, 1.807) is 0 Å². The number of unbranched alkanes of at least 4 members (excludes halogenated alkanes) is 3. The molecule has 0 radical (unpaired) electrons. The van der Waals surface area contributed by atoms with Crippen LogP contribution in [0.2, 0.25) is 0 Å². The zero-order chi connectivity index (χ0) is 20.2. The van der Waals surface area contributed by atoms with E-state index in [1.807, 2.05) is 12.4 Å². The summed E-state index contributed by atoms with van der Waals surface area (Å²) in [6, 6.07) is 17.4. The Balaban J connectivity index is 1.54. The van der Waals surface area contributed by atoms with Gasteiger partial charge in [0, 0.05) is 25.5 Å². The van der Waals surface area contributed by atoms with Gasteiger partial charge in [-0.05, 0) is 46.9 Å². The Morgan fingerprint density at radius 3 is 1.25 bits per heavy atom. The number of benzene rings is 2. The quantitative estimate of drug-likeness (QED) is 0.297. The zero-order valence-corrected chi connectivity index (χ0v) is 18.1. The lowest BCUT2D eigenvalue weighted by atomic mass is 10.0. The van der Waals surface area contributed by atoms with Crippen molar-refractivity contribution in [3.8, 4) is 0 Å². The van der Waals surface area contributed by atoms with Crippen LogP contribution in [0.3, 0.4) is 0 Å². The lowest BCUT2D eigenvalue weighted by Crippen LogP contribution is -1.90. The van der Waals surface area contributed by atoms with Crippen LogP contribution in [0.25, 0.3) is 0 Å². The van der Waals surface area contributed by atoms with Crippen molar-refractivity contribution in [3.63, 3.8) is 0 Å². The third kappa shape index (κ3) is 8.21. The molecule has 2 aromatic carbocycles. The van der Waals surface area contributed by atoms with E-state index >= 15 is 0 Å². The zero-order valence-electron chi connectivity index (χ0n) is 18.1. The van der Waals surface area contributed by atoms with Crippen molar-refractivity contribution in [3.05, 3.63) is 70.8 Å². The molecule has 0 saturated heterocycles. The Kier molecular flexibility index (Phi) is 9.68. The third-order valence-electron chi connectivity index (χ3n) is 5.01. The molecule has 0 amide bonds. The normalized spacial score (nSPS) is 12.1. The van der Waals surface area contributed by atoms with E-state index in [-0.39, 0.29) is 0 Å². The molecule has 2 nitrogen and oxygen atoms in total. The molecule has 0 fully saturated rings. The van der Waals surface area contributed by atoms with Crippen molar-refractivity contribution in [2.24, 2.45) is 9.98 Å². The Morgan fingerprint density at radius 2 is 0.929 bits per heavy atom. The van der Waals surface area contributed by atoms with Crippen LogP contribution in [0.1, 0.15) is 87.5 Å². The van der Waals surface area contributed by atoms with Gasteiger partial charge in [0.05, 0.1) is 0 Å². The third-order valence-corrected chi connectivity index (χ3v) is 5.01. The summed E-state index contributed by atoms with van der Waals surface area (Å²) in [4.78, 5) is 9.11. The van der Waals surface area contributed by atoms with Gasteiger partial charge in [0.1, 0.15) is 0 Å². The SMILES string of the molecule is CC(C)c1ccc(C=NCCCCCCN=Cc2ccc(C(C)C)cc2)cc1. The number of nitrogens with zero attached hydrogens (tertiary/aromatic N) is 2. The number of aliphatic imine (C=N–C) groups is 2. The second-order valence-corrected chi connectivity index (χ2v) is 8.13.